The second-order valence-corrected chi connectivity index (χ2v) is 27.4. The summed E-state index contributed by atoms with van der Waals surface area (Å²) in [5.41, 5.74) is 5.59. The predicted molar refractivity (Wildman–Crippen MR) is 400 cm³/mol. The first-order valence-electron chi connectivity index (χ1n) is 36.3. The van der Waals surface area contributed by atoms with Crippen LogP contribution < -0.4 is 40.2 Å². The van der Waals surface area contributed by atoms with Gasteiger partial charge >= 0.3 is 0 Å². The number of carbonyl (C=O) groups excluding carboxylic acids is 12. The molecule has 8 bridgehead atoms. The molecule has 0 fully saturated rings. The van der Waals surface area contributed by atoms with E-state index in [2.05, 4.69) is 21.3 Å². The highest BCUT2D eigenvalue weighted by Gasteiger charge is 2.45. The summed E-state index contributed by atoms with van der Waals surface area (Å²) in [6.07, 6.45) is 1.73. The Kier molecular flexibility index (Phi) is 21.0. The van der Waals surface area contributed by atoms with Gasteiger partial charge in [0.2, 0.25) is 23.6 Å². The predicted octanol–water partition coefficient (Wildman–Crippen LogP) is 12.0. The van der Waals surface area contributed by atoms with Crippen molar-refractivity contribution in [1.29, 1.82) is 0 Å². The van der Waals surface area contributed by atoms with Crippen molar-refractivity contribution in [2.75, 3.05) is 47.7 Å². The maximum absolute atomic E-state index is 14.9. The number of anilines is 4. The van der Waals surface area contributed by atoms with Gasteiger partial charge < -0.3 is 40.2 Å². The quantitative estimate of drug-likeness (QED) is 0.0409. The van der Waals surface area contributed by atoms with E-state index in [-0.39, 0.29) is 119 Å². The van der Waals surface area contributed by atoms with Gasteiger partial charge in [-0.2, -0.15) is 0 Å². The highest BCUT2D eigenvalue weighted by molar-refractivity contribution is 6.26. The molecule has 8 aromatic rings. The lowest BCUT2D eigenvalue weighted by Crippen LogP contribution is -2.45. The summed E-state index contributed by atoms with van der Waals surface area (Å²) in [6, 6.07) is 33.5. The average Bonchev–Trinajstić information content (AvgIpc) is 1.62. The van der Waals surface area contributed by atoms with Crippen LogP contribution in [0.4, 0.5) is 22.7 Å². The van der Waals surface area contributed by atoms with Gasteiger partial charge in [-0.3, -0.25) is 77.1 Å². The zero-order valence-corrected chi connectivity index (χ0v) is 61.0. The molecule has 24 heteroatoms. The SMILES string of the molecule is CCCOc1c2cc(NC(=O)[C@H](C)N3C(=O)c4ccccc4C3=O)cc1Cc1cc(NC(=O)[C@H](C)N3C(=O)c4ccccc4C3=O)cc(c1OCCC)Cc1cc(NC(=O)[C@H](C)N3C(=O)c4ccccc4C3=O)cc(c1OCCC)Cc1cc(NC(=O)[C@H](C)N3C(=O)c4ccccc4C3=O)cc(c1OCCC)C2. The monoisotopic (exact) mass is 1460 g/mol. The second-order valence-electron chi connectivity index (χ2n) is 27.4. The number of hydrogen-bond donors (Lipinski definition) is 4. The summed E-state index contributed by atoms with van der Waals surface area (Å²) >= 11 is 0. The minimum Gasteiger partial charge on any atom is -0.493 e. The van der Waals surface area contributed by atoms with E-state index in [1.165, 1.54) is 76.2 Å². The first-order valence-corrected chi connectivity index (χ1v) is 36.3. The molecule has 13 rings (SSSR count). The Morgan fingerprint density at radius 3 is 0.574 bits per heavy atom. The zero-order chi connectivity index (χ0) is 76.5. The smallest absolute Gasteiger partial charge is 0.262 e. The van der Waals surface area contributed by atoms with Crippen molar-refractivity contribution < 1.29 is 76.5 Å². The second kappa shape index (κ2) is 30.8. The third-order valence-electron chi connectivity index (χ3n) is 19.7. The van der Waals surface area contributed by atoms with Gasteiger partial charge in [-0.1, -0.05) is 76.2 Å². The van der Waals surface area contributed by atoms with Crippen LogP contribution in [0, 0.1) is 0 Å². The molecule has 24 nitrogen and oxygen atoms in total. The molecule has 1 aliphatic carbocycles. The van der Waals surface area contributed by atoms with E-state index in [1.54, 1.807) is 97.1 Å². The summed E-state index contributed by atoms with van der Waals surface area (Å²) in [7, 11) is 0. The molecule has 8 aromatic carbocycles. The Morgan fingerprint density at radius 1 is 0.287 bits per heavy atom. The third kappa shape index (κ3) is 13.9. The van der Waals surface area contributed by atoms with Crippen molar-refractivity contribution in [2.45, 2.75) is 131 Å². The van der Waals surface area contributed by atoms with Gasteiger partial charge in [0.1, 0.15) is 47.2 Å². The molecule has 0 aromatic heterocycles. The maximum atomic E-state index is 14.9. The molecule has 108 heavy (non-hydrogen) atoms. The third-order valence-corrected chi connectivity index (χ3v) is 19.7. The molecule has 4 N–H and O–H groups in total. The highest BCUT2D eigenvalue weighted by Crippen LogP contribution is 2.44. The van der Waals surface area contributed by atoms with Gasteiger partial charge in [0.25, 0.3) is 47.3 Å². The number of amides is 12. The molecule has 4 atom stereocenters. The standard InChI is InChI=1S/C84H80N8O16/c1-9-29-105-69-49-33-51-39-58(86-74(94)46(6)90-79(99)63-23-15-16-24-64(63)80(90)100)41-53(70(51)106-30-10-2)35-55-43-60(88-76(96)48(8)92-83(103)67-27-19-20-28-68(67)84(92)104)44-56(72(55)108-32-12-4)36-54-42-59(87-75(95)47(7)91-81(101)65-25-17-18-26-66(65)82(91)102)40-52(71(54)107-31-11-3)34-50(69)38-57(37-49)85-73(93)45(5)89-77(97)61-21-13-14-22-62(61)78(89)98/h13-28,37-48H,9-12,29-36H2,1-8H3,(H,85,93)(H,86,94)(H,87,95)(H,88,96)/t45-,46-,47-,48-/m0/s1. The molecular formula is C84H80N8O16. The van der Waals surface area contributed by atoms with E-state index in [9.17, 15) is 57.5 Å². The van der Waals surface area contributed by atoms with Crippen LogP contribution in [0.25, 0.3) is 0 Å². The van der Waals surface area contributed by atoms with E-state index in [4.69, 9.17) is 18.9 Å². The fraction of sp³-hybridized carbons (Fsp3) is 0.286. The van der Waals surface area contributed by atoms with E-state index in [1.807, 2.05) is 27.7 Å². The van der Waals surface area contributed by atoms with E-state index >= 15 is 0 Å². The minimum absolute atomic E-state index is 0.0834. The van der Waals surface area contributed by atoms with Crippen LogP contribution in [0.3, 0.4) is 0 Å². The van der Waals surface area contributed by atoms with Crippen LogP contribution in [0.1, 0.15) is 208 Å². The number of hydrogen-bond acceptors (Lipinski definition) is 16. The number of imide groups is 4. The van der Waals surface area contributed by atoms with Crippen LogP contribution in [-0.2, 0) is 44.9 Å². The Bertz CT molecular complexity index is 4260. The summed E-state index contributed by atoms with van der Waals surface area (Å²) in [5, 5.41) is 12.1. The molecule has 0 unspecified atom stereocenters. The van der Waals surface area contributed by atoms with Crippen LogP contribution in [0.2, 0.25) is 0 Å². The van der Waals surface area contributed by atoms with Crippen LogP contribution in [0.5, 0.6) is 23.0 Å². The number of nitrogens with zero attached hydrogens (tertiary/aromatic N) is 4. The zero-order valence-electron chi connectivity index (χ0n) is 61.0. The van der Waals surface area contributed by atoms with E-state index < -0.39 is 95.1 Å². The summed E-state index contributed by atoms with van der Waals surface area (Å²) in [6.45, 7) is 14.2. The van der Waals surface area contributed by atoms with Gasteiger partial charge in [-0.15, -0.1) is 0 Å². The Balaban J connectivity index is 1.01. The van der Waals surface area contributed by atoms with Gasteiger partial charge in [0, 0.05) is 92.9 Å². The highest BCUT2D eigenvalue weighted by atomic mass is 16.5. The molecule has 0 saturated carbocycles. The first kappa shape index (κ1) is 73.7. The van der Waals surface area contributed by atoms with Gasteiger partial charge in [-0.05, 0) is 150 Å². The molecule has 552 valence electrons. The molecule has 5 aliphatic rings. The summed E-state index contributed by atoms with van der Waals surface area (Å²) in [4.78, 5) is 175. The van der Waals surface area contributed by atoms with Crippen molar-refractivity contribution in [1.82, 2.24) is 19.6 Å². The van der Waals surface area contributed by atoms with Gasteiger partial charge in [-0.25, -0.2) is 0 Å². The lowest BCUT2D eigenvalue weighted by atomic mass is 9.90. The molecule has 4 aliphatic heterocycles. The maximum Gasteiger partial charge on any atom is 0.262 e. The lowest BCUT2D eigenvalue weighted by Gasteiger charge is -2.26. The Hall–Kier alpha value is -12.6. The van der Waals surface area contributed by atoms with Crippen molar-refractivity contribution in [2.24, 2.45) is 0 Å². The Morgan fingerprint density at radius 2 is 0.435 bits per heavy atom. The summed E-state index contributed by atoms with van der Waals surface area (Å²) in [5.74, 6) is -6.71. The van der Waals surface area contributed by atoms with Crippen molar-refractivity contribution in [3.05, 3.63) is 235 Å². The molecule has 0 spiro atoms. The van der Waals surface area contributed by atoms with Crippen molar-refractivity contribution in [3.63, 3.8) is 0 Å². The van der Waals surface area contributed by atoms with Crippen molar-refractivity contribution in [3.8, 4) is 23.0 Å². The van der Waals surface area contributed by atoms with Gasteiger partial charge in [0.15, 0.2) is 0 Å². The molecule has 0 radical (unpaired) electrons. The topological polar surface area (TPSA) is 303 Å². The van der Waals surface area contributed by atoms with E-state index in [0.29, 0.717) is 93.2 Å². The van der Waals surface area contributed by atoms with Crippen LogP contribution in [-0.4, -0.2) is 141 Å². The van der Waals surface area contributed by atoms with E-state index in [0.717, 1.165) is 19.6 Å². The summed E-state index contributed by atoms with van der Waals surface area (Å²) < 4.78 is 27.6. The molecule has 12 amide bonds. The van der Waals surface area contributed by atoms with Gasteiger partial charge in [0.05, 0.1) is 70.9 Å². The first-order chi connectivity index (χ1) is 52.0. The average molecular weight is 1460 g/mol. The number of carbonyl (C=O) groups is 12. The number of fused-ring (bicyclic) bond motifs is 12. The Labute approximate surface area is 623 Å². The molecule has 0 saturated heterocycles. The molecule has 4 heterocycles. The number of benzene rings is 8. The van der Waals surface area contributed by atoms with Crippen LogP contribution in [0.15, 0.2) is 146 Å². The molecular weight excluding hydrogens is 1380 g/mol. The largest absolute Gasteiger partial charge is 0.493 e. The fourth-order valence-electron chi connectivity index (χ4n) is 14.4. The minimum atomic E-state index is -1.35. The number of rotatable bonds is 24. The van der Waals surface area contributed by atoms with Crippen molar-refractivity contribution >= 4 is 93.6 Å². The lowest BCUT2D eigenvalue weighted by molar-refractivity contribution is -0.120. The normalized spacial score (nSPS) is 15.3. The number of ether oxygens (including phenoxy) is 4. The number of nitrogens with one attached hydrogen (secondary N) is 4. The van der Waals surface area contributed by atoms with Crippen LogP contribution >= 0.6 is 0 Å². The fourth-order valence-corrected chi connectivity index (χ4v) is 14.4.